The third-order valence-electron chi connectivity index (χ3n) is 4.64. The van der Waals surface area contributed by atoms with E-state index in [0.29, 0.717) is 6.07 Å². The number of carbonyl (C=O) groups is 1. The normalized spacial score (nSPS) is 13.7. The van der Waals surface area contributed by atoms with Crippen LogP contribution < -0.4 is 10.7 Å². The maximum absolute atomic E-state index is 13.5. The zero-order valence-corrected chi connectivity index (χ0v) is 17.3. The number of hydrogen-bond donors (Lipinski definition) is 2. The molecule has 0 saturated heterocycles. The molecule has 2 aromatic carbocycles. The molecule has 1 heterocycles. The zero-order valence-electron chi connectivity index (χ0n) is 16.4. The summed E-state index contributed by atoms with van der Waals surface area (Å²) in [5, 5.41) is 11.8. The molecule has 0 aliphatic carbocycles. The van der Waals surface area contributed by atoms with Gasteiger partial charge in [-0.15, -0.1) is 0 Å². The van der Waals surface area contributed by atoms with Gasteiger partial charge in [-0.3, -0.25) is 9.00 Å². The number of rotatable bonds is 6. The Bertz CT molecular complexity index is 1240. The lowest BCUT2D eigenvalue weighted by Crippen LogP contribution is -2.15. The maximum Gasteiger partial charge on any atom is 0.416 e. The number of halogens is 3. The first-order valence-electron chi connectivity index (χ1n) is 9.19. The fourth-order valence-electron chi connectivity index (χ4n) is 3.11. The fraction of sp³-hybridized carbons (Fsp3) is 0.238. The number of benzene rings is 2. The molecule has 0 amide bonds. The summed E-state index contributed by atoms with van der Waals surface area (Å²) in [6.07, 6.45) is -4.72. The molecule has 0 fully saturated rings. The highest BCUT2D eigenvalue weighted by Crippen LogP contribution is 2.36. The van der Waals surface area contributed by atoms with Crippen LogP contribution in [0.2, 0.25) is 0 Å². The van der Waals surface area contributed by atoms with Gasteiger partial charge in [-0.05, 0) is 31.2 Å². The third-order valence-corrected chi connectivity index (χ3v) is 5.82. The molecule has 31 heavy (non-hydrogen) atoms. The number of para-hydroxylation sites is 1. The van der Waals surface area contributed by atoms with Crippen LogP contribution in [0.25, 0.3) is 11.0 Å². The Morgan fingerprint density at radius 3 is 2.52 bits per heavy atom. The van der Waals surface area contributed by atoms with Gasteiger partial charge in [-0.25, -0.2) is 4.79 Å². The summed E-state index contributed by atoms with van der Waals surface area (Å²) in [6.45, 7) is 3.12. The Morgan fingerprint density at radius 1 is 1.23 bits per heavy atom. The van der Waals surface area contributed by atoms with Crippen molar-refractivity contribution in [2.24, 2.45) is 0 Å². The SMILES string of the molecule is CCS(=O)c1cc(=O)c2cc(C(F)(F)F)cc(C(C)Nc3ccccc3C(=O)O)c2o1. The van der Waals surface area contributed by atoms with Gasteiger partial charge in [0.05, 0.1) is 33.4 Å². The number of carboxylic acids is 1. The van der Waals surface area contributed by atoms with Crippen molar-refractivity contribution in [3.63, 3.8) is 0 Å². The predicted molar refractivity (Wildman–Crippen MR) is 110 cm³/mol. The van der Waals surface area contributed by atoms with E-state index < -0.39 is 40.0 Å². The monoisotopic (exact) mass is 453 g/mol. The van der Waals surface area contributed by atoms with Gasteiger partial charge in [-0.2, -0.15) is 13.2 Å². The van der Waals surface area contributed by atoms with E-state index in [-0.39, 0.29) is 38.6 Å². The first-order valence-corrected chi connectivity index (χ1v) is 10.5. The molecule has 1 aromatic heterocycles. The van der Waals surface area contributed by atoms with Crippen LogP contribution in [0, 0.1) is 0 Å². The maximum atomic E-state index is 13.5. The third kappa shape index (κ3) is 4.63. The van der Waals surface area contributed by atoms with E-state index >= 15 is 0 Å². The average Bonchev–Trinajstić information content (AvgIpc) is 2.71. The summed E-state index contributed by atoms with van der Waals surface area (Å²) in [5.41, 5.74) is -1.83. The van der Waals surface area contributed by atoms with Crippen molar-refractivity contribution in [3.05, 3.63) is 69.4 Å². The lowest BCUT2D eigenvalue weighted by molar-refractivity contribution is -0.137. The van der Waals surface area contributed by atoms with Crippen LogP contribution in [-0.4, -0.2) is 21.0 Å². The van der Waals surface area contributed by atoms with Crippen molar-refractivity contribution in [3.8, 4) is 0 Å². The van der Waals surface area contributed by atoms with Crippen molar-refractivity contribution in [2.45, 2.75) is 31.2 Å². The summed E-state index contributed by atoms with van der Waals surface area (Å²) >= 11 is 0. The molecule has 10 heteroatoms. The number of nitrogens with one attached hydrogen (secondary N) is 1. The van der Waals surface area contributed by atoms with E-state index in [1.54, 1.807) is 13.0 Å². The molecule has 3 aromatic rings. The molecule has 3 rings (SSSR count). The van der Waals surface area contributed by atoms with Crippen LogP contribution in [0.1, 0.15) is 41.4 Å². The van der Waals surface area contributed by atoms with E-state index in [4.69, 9.17) is 4.42 Å². The highest BCUT2D eigenvalue weighted by atomic mass is 32.2. The van der Waals surface area contributed by atoms with Crippen molar-refractivity contribution < 1.29 is 31.7 Å². The highest BCUT2D eigenvalue weighted by molar-refractivity contribution is 7.84. The van der Waals surface area contributed by atoms with E-state index in [1.807, 2.05) is 0 Å². The van der Waals surface area contributed by atoms with Crippen LogP contribution in [0.5, 0.6) is 0 Å². The number of hydrogen-bond acceptors (Lipinski definition) is 5. The summed E-state index contributed by atoms with van der Waals surface area (Å²) < 4.78 is 58.2. The standard InChI is InChI=1S/C21H18F3NO5S/c1-3-31(29)18-10-17(26)15-9-12(21(22,23)24)8-14(19(15)30-18)11(2)25-16-7-5-4-6-13(16)20(27)28/h4-11,25H,3H2,1-2H3,(H,27,28). The molecule has 2 atom stereocenters. The zero-order chi connectivity index (χ0) is 22.9. The summed E-state index contributed by atoms with van der Waals surface area (Å²) in [7, 11) is -1.64. The van der Waals surface area contributed by atoms with Gasteiger partial charge < -0.3 is 14.8 Å². The van der Waals surface area contributed by atoms with Crippen molar-refractivity contribution in [2.75, 3.05) is 11.1 Å². The second kappa shape index (κ2) is 8.54. The number of anilines is 1. The van der Waals surface area contributed by atoms with Crippen LogP contribution in [0.15, 0.2) is 56.8 Å². The number of fused-ring (bicyclic) bond motifs is 1. The van der Waals surface area contributed by atoms with Crippen LogP contribution in [0.4, 0.5) is 18.9 Å². The molecular weight excluding hydrogens is 435 g/mol. The van der Waals surface area contributed by atoms with Gasteiger partial charge in [-0.1, -0.05) is 19.1 Å². The van der Waals surface area contributed by atoms with Gasteiger partial charge in [0.25, 0.3) is 0 Å². The van der Waals surface area contributed by atoms with E-state index in [9.17, 15) is 32.1 Å². The summed E-state index contributed by atoms with van der Waals surface area (Å²) in [6, 6.07) is 7.52. The average molecular weight is 453 g/mol. The number of carboxylic acid groups (broad SMARTS) is 1. The molecule has 0 saturated carbocycles. The molecule has 2 unspecified atom stereocenters. The van der Waals surface area contributed by atoms with Crippen LogP contribution in [-0.2, 0) is 17.0 Å². The van der Waals surface area contributed by atoms with Crippen molar-refractivity contribution in [1.29, 1.82) is 0 Å². The quantitative estimate of drug-likeness (QED) is 0.556. The summed E-state index contributed by atoms with van der Waals surface area (Å²) in [4.78, 5) is 24.0. The minimum absolute atomic E-state index is 0.0166. The molecular formula is C21H18F3NO5S. The highest BCUT2D eigenvalue weighted by Gasteiger charge is 2.33. The van der Waals surface area contributed by atoms with E-state index in [0.717, 1.165) is 12.1 Å². The van der Waals surface area contributed by atoms with E-state index in [2.05, 4.69) is 5.32 Å². The second-order valence-corrected chi connectivity index (χ2v) is 8.39. The first kappa shape index (κ1) is 22.5. The van der Waals surface area contributed by atoms with Gasteiger partial charge in [0.15, 0.2) is 10.5 Å². The molecule has 164 valence electrons. The van der Waals surface area contributed by atoms with Gasteiger partial charge >= 0.3 is 12.1 Å². The minimum Gasteiger partial charge on any atom is -0.478 e. The lowest BCUT2D eigenvalue weighted by Gasteiger charge is -2.20. The largest absolute Gasteiger partial charge is 0.478 e. The molecule has 2 N–H and O–H groups in total. The molecule has 0 aliphatic rings. The Morgan fingerprint density at radius 2 is 1.90 bits per heavy atom. The van der Waals surface area contributed by atoms with Crippen LogP contribution >= 0.6 is 0 Å². The van der Waals surface area contributed by atoms with Crippen molar-refractivity contribution >= 4 is 33.4 Å². The lowest BCUT2D eigenvalue weighted by atomic mass is 10.00. The Hall–Kier alpha value is -3.14. The van der Waals surface area contributed by atoms with Crippen molar-refractivity contribution in [1.82, 2.24) is 0 Å². The molecule has 0 spiro atoms. The Balaban J connectivity index is 2.23. The molecule has 0 aliphatic heterocycles. The Labute approximate surface area is 177 Å². The molecule has 6 nitrogen and oxygen atoms in total. The molecule has 0 radical (unpaired) electrons. The topological polar surface area (TPSA) is 96.6 Å². The fourth-order valence-corrected chi connectivity index (χ4v) is 3.81. The summed E-state index contributed by atoms with van der Waals surface area (Å²) in [5.74, 6) is -1.05. The van der Waals surface area contributed by atoms with E-state index in [1.165, 1.54) is 25.1 Å². The van der Waals surface area contributed by atoms with Gasteiger partial charge in [0.2, 0.25) is 0 Å². The minimum atomic E-state index is -4.72. The second-order valence-electron chi connectivity index (χ2n) is 6.72. The number of alkyl halides is 3. The Kier molecular flexibility index (Phi) is 6.21. The van der Waals surface area contributed by atoms with Crippen LogP contribution in [0.3, 0.4) is 0 Å². The number of aromatic carboxylic acids is 1. The van der Waals surface area contributed by atoms with Gasteiger partial charge in [0, 0.05) is 23.1 Å². The smallest absolute Gasteiger partial charge is 0.416 e. The predicted octanol–water partition coefficient (Wildman–Crippen LogP) is 4.81. The first-order chi connectivity index (χ1) is 14.5. The molecule has 0 bridgehead atoms. The van der Waals surface area contributed by atoms with Gasteiger partial charge in [0.1, 0.15) is 5.58 Å².